The molecule has 0 unspecified atom stereocenters. The van der Waals surface area contributed by atoms with Crippen molar-refractivity contribution in [3.05, 3.63) is 30.3 Å². The van der Waals surface area contributed by atoms with Gasteiger partial charge in [0.15, 0.2) is 5.82 Å². The number of benzene rings is 1. The van der Waals surface area contributed by atoms with Crippen LogP contribution in [0.5, 0.6) is 0 Å². The van der Waals surface area contributed by atoms with Gasteiger partial charge in [-0.2, -0.15) is 15.0 Å². The molecule has 1 aromatic carbocycles. The van der Waals surface area contributed by atoms with Crippen molar-refractivity contribution in [2.75, 3.05) is 43.6 Å². The first-order chi connectivity index (χ1) is 11.2. The third-order valence-electron chi connectivity index (χ3n) is 3.22. The average molecular weight is 319 g/mol. The first-order valence-corrected chi connectivity index (χ1v) is 7.25. The summed E-state index contributed by atoms with van der Waals surface area (Å²) in [5.41, 5.74) is 0.821. The normalized spacial score (nSPS) is 10.6. The fourth-order valence-corrected chi connectivity index (χ4v) is 1.98. The van der Waals surface area contributed by atoms with Crippen molar-refractivity contribution in [1.82, 2.24) is 15.0 Å². The Labute approximate surface area is 135 Å². The second-order valence-corrected chi connectivity index (χ2v) is 4.72. The number of aliphatic hydroxyl groups is 2. The van der Waals surface area contributed by atoms with Crippen molar-refractivity contribution < 1.29 is 14.9 Å². The van der Waals surface area contributed by atoms with Gasteiger partial charge in [0, 0.05) is 19.2 Å². The van der Waals surface area contributed by atoms with E-state index >= 15 is 0 Å². The maximum atomic E-state index is 9.50. The van der Waals surface area contributed by atoms with Gasteiger partial charge in [-0.25, -0.2) is 0 Å². The largest absolute Gasteiger partial charge is 0.376 e. The van der Waals surface area contributed by atoms with Gasteiger partial charge in [-0.05, 0) is 6.92 Å². The molecule has 1 heterocycles. The highest BCUT2D eigenvalue weighted by Crippen LogP contribution is 2.21. The quantitative estimate of drug-likeness (QED) is 0.686. The van der Waals surface area contributed by atoms with E-state index in [1.165, 1.54) is 12.0 Å². The van der Waals surface area contributed by atoms with Gasteiger partial charge < -0.3 is 19.8 Å². The number of methoxy groups -OCH3 is 1. The lowest BCUT2D eigenvalue weighted by atomic mass is 10.2. The molecule has 0 aliphatic rings. The van der Waals surface area contributed by atoms with Crippen molar-refractivity contribution >= 4 is 11.9 Å². The van der Waals surface area contributed by atoms with E-state index in [0.29, 0.717) is 18.3 Å². The minimum Gasteiger partial charge on any atom is -0.376 e. The van der Waals surface area contributed by atoms with Crippen molar-refractivity contribution in [2.24, 2.45) is 0 Å². The molecule has 8 nitrogen and oxygen atoms in total. The van der Waals surface area contributed by atoms with Crippen LogP contribution in [0, 0.1) is 0 Å². The highest BCUT2D eigenvalue weighted by Gasteiger charge is 2.16. The summed E-state index contributed by atoms with van der Waals surface area (Å²) >= 11 is 0. The number of anilines is 2. The SMILES string of the molecule is CCN(CO)c1nc(-c2ccccc2)nc(N(CO)COC)n1. The standard InChI is InChI=1S/C15H21N5O3/c1-3-19(9-21)14-16-13(12-7-5-4-6-8-12)17-15(18-14)20(10-22)11-23-2/h4-8,21-22H,3,9-11H2,1-2H3. The number of hydrogen-bond acceptors (Lipinski definition) is 8. The summed E-state index contributed by atoms with van der Waals surface area (Å²) in [4.78, 5) is 16.2. The monoisotopic (exact) mass is 319 g/mol. The molecule has 2 aromatic rings. The molecule has 23 heavy (non-hydrogen) atoms. The van der Waals surface area contributed by atoms with Gasteiger partial charge in [0.2, 0.25) is 11.9 Å². The number of rotatable bonds is 8. The van der Waals surface area contributed by atoms with E-state index in [4.69, 9.17) is 4.74 Å². The first kappa shape index (κ1) is 17.1. The number of nitrogens with zero attached hydrogens (tertiary/aromatic N) is 5. The van der Waals surface area contributed by atoms with Crippen LogP contribution in [0.25, 0.3) is 11.4 Å². The zero-order valence-electron chi connectivity index (χ0n) is 13.3. The van der Waals surface area contributed by atoms with Gasteiger partial charge in [-0.15, -0.1) is 0 Å². The zero-order chi connectivity index (χ0) is 16.7. The molecule has 0 radical (unpaired) electrons. The topological polar surface area (TPSA) is 94.8 Å². The van der Waals surface area contributed by atoms with Gasteiger partial charge in [0.25, 0.3) is 0 Å². The number of hydrogen-bond donors (Lipinski definition) is 2. The molecular weight excluding hydrogens is 298 g/mol. The fraction of sp³-hybridized carbons (Fsp3) is 0.400. The molecule has 0 atom stereocenters. The summed E-state index contributed by atoms with van der Waals surface area (Å²) in [5.74, 6) is 1.09. The van der Waals surface area contributed by atoms with E-state index in [-0.39, 0.29) is 26.1 Å². The average Bonchev–Trinajstić information content (AvgIpc) is 2.61. The predicted molar refractivity (Wildman–Crippen MR) is 86.8 cm³/mol. The van der Waals surface area contributed by atoms with Crippen LogP contribution in [0.3, 0.4) is 0 Å². The van der Waals surface area contributed by atoms with Crippen LogP contribution in [-0.4, -0.2) is 59.0 Å². The Balaban J connectivity index is 2.51. The molecule has 8 heteroatoms. The first-order valence-electron chi connectivity index (χ1n) is 7.25. The van der Waals surface area contributed by atoms with Crippen LogP contribution in [-0.2, 0) is 4.74 Å². The van der Waals surface area contributed by atoms with Gasteiger partial charge in [-0.1, -0.05) is 30.3 Å². The Kier molecular flexibility index (Phi) is 6.21. The van der Waals surface area contributed by atoms with Crippen LogP contribution in [0.15, 0.2) is 30.3 Å². The Morgan fingerprint density at radius 2 is 1.57 bits per heavy atom. The van der Waals surface area contributed by atoms with Gasteiger partial charge >= 0.3 is 0 Å². The van der Waals surface area contributed by atoms with E-state index in [2.05, 4.69) is 15.0 Å². The Bertz CT molecular complexity index is 607. The minimum atomic E-state index is -0.295. The number of ether oxygens (including phenoxy) is 1. The molecule has 0 bridgehead atoms. The van der Waals surface area contributed by atoms with E-state index in [1.807, 2.05) is 37.3 Å². The van der Waals surface area contributed by atoms with Gasteiger partial charge in [-0.3, -0.25) is 4.90 Å². The van der Waals surface area contributed by atoms with E-state index in [0.717, 1.165) is 5.56 Å². The third-order valence-corrected chi connectivity index (χ3v) is 3.22. The number of aliphatic hydroxyl groups excluding tert-OH is 2. The lowest BCUT2D eigenvalue weighted by Gasteiger charge is -2.22. The summed E-state index contributed by atoms with van der Waals surface area (Å²) in [7, 11) is 1.52. The predicted octanol–water partition coefficient (Wildman–Crippen LogP) is 0.675. The second-order valence-electron chi connectivity index (χ2n) is 4.72. The summed E-state index contributed by atoms with van der Waals surface area (Å²) in [6.45, 7) is 2.06. The highest BCUT2D eigenvalue weighted by atomic mass is 16.5. The highest BCUT2D eigenvalue weighted by molar-refractivity contribution is 5.58. The maximum absolute atomic E-state index is 9.50. The van der Waals surface area contributed by atoms with Gasteiger partial charge in [0.05, 0.1) is 0 Å². The molecule has 2 N–H and O–H groups in total. The van der Waals surface area contributed by atoms with Crippen LogP contribution >= 0.6 is 0 Å². The second kappa shape index (κ2) is 8.37. The molecule has 124 valence electrons. The van der Waals surface area contributed by atoms with Crippen molar-refractivity contribution in [3.8, 4) is 11.4 Å². The van der Waals surface area contributed by atoms with Crippen LogP contribution in [0.2, 0.25) is 0 Å². The van der Waals surface area contributed by atoms with Crippen LogP contribution in [0.4, 0.5) is 11.9 Å². The Morgan fingerprint density at radius 1 is 0.957 bits per heavy atom. The molecule has 0 saturated carbocycles. The van der Waals surface area contributed by atoms with Crippen molar-refractivity contribution in [1.29, 1.82) is 0 Å². The maximum Gasteiger partial charge on any atom is 0.234 e. The molecular formula is C15H21N5O3. The Morgan fingerprint density at radius 3 is 2.09 bits per heavy atom. The lowest BCUT2D eigenvalue weighted by Crippen LogP contribution is -2.31. The molecule has 0 aliphatic carbocycles. The molecule has 0 aliphatic heterocycles. The summed E-state index contributed by atoms with van der Waals surface area (Å²) in [5, 5.41) is 19.0. The molecule has 1 aromatic heterocycles. The molecule has 0 saturated heterocycles. The third kappa shape index (κ3) is 4.13. The van der Waals surface area contributed by atoms with E-state index < -0.39 is 0 Å². The van der Waals surface area contributed by atoms with Crippen LogP contribution < -0.4 is 9.80 Å². The lowest BCUT2D eigenvalue weighted by molar-refractivity contribution is 0.166. The summed E-state index contributed by atoms with van der Waals surface area (Å²) in [6.07, 6.45) is 0. The molecule has 0 amide bonds. The minimum absolute atomic E-state index is 0.138. The molecule has 0 spiro atoms. The fourth-order valence-electron chi connectivity index (χ4n) is 1.98. The number of aromatic nitrogens is 3. The molecule has 2 rings (SSSR count). The smallest absolute Gasteiger partial charge is 0.234 e. The van der Waals surface area contributed by atoms with E-state index in [9.17, 15) is 10.2 Å². The van der Waals surface area contributed by atoms with Crippen molar-refractivity contribution in [3.63, 3.8) is 0 Å². The zero-order valence-corrected chi connectivity index (χ0v) is 13.3. The Hall–Kier alpha value is -2.29. The summed E-state index contributed by atoms with van der Waals surface area (Å²) in [6, 6.07) is 9.46. The van der Waals surface area contributed by atoms with E-state index in [1.54, 1.807) is 4.90 Å². The van der Waals surface area contributed by atoms with Crippen LogP contribution in [0.1, 0.15) is 6.92 Å². The molecule has 0 fully saturated rings. The summed E-state index contributed by atoms with van der Waals surface area (Å²) < 4.78 is 5.05. The van der Waals surface area contributed by atoms with Crippen molar-refractivity contribution in [2.45, 2.75) is 6.92 Å². The van der Waals surface area contributed by atoms with Gasteiger partial charge in [0.1, 0.15) is 20.2 Å².